The zero-order chi connectivity index (χ0) is 23.8. The van der Waals surface area contributed by atoms with Gasteiger partial charge in [0.2, 0.25) is 0 Å². The fraction of sp³-hybridized carbons (Fsp3) is 0.130. The largest absolute Gasteiger partial charge is 0.490 e. The van der Waals surface area contributed by atoms with Gasteiger partial charge < -0.3 is 9.47 Å². The maximum Gasteiger partial charge on any atom is 0.271 e. The Labute approximate surface area is 203 Å². The van der Waals surface area contributed by atoms with E-state index in [0.29, 0.717) is 39.8 Å². The summed E-state index contributed by atoms with van der Waals surface area (Å²) in [7, 11) is 0. The molecule has 0 heterocycles. The van der Waals surface area contributed by atoms with Crippen LogP contribution in [-0.2, 0) is 6.61 Å². The Bertz CT molecular complexity index is 1190. The Morgan fingerprint density at radius 1 is 1.18 bits per heavy atom. The minimum Gasteiger partial charge on any atom is -0.490 e. The van der Waals surface area contributed by atoms with E-state index in [1.165, 1.54) is 30.5 Å². The van der Waals surface area contributed by atoms with Crippen molar-refractivity contribution in [3.63, 3.8) is 0 Å². The molecule has 0 fully saturated rings. The zero-order valence-electron chi connectivity index (χ0n) is 17.5. The molecule has 1 amide bonds. The first-order valence-electron chi connectivity index (χ1n) is 9.79. The molecule has 0 atom stereocenters. The number of nitro benzene ring substituents is 1. The van der Waals surface area contributed by atoms with E-state index in [-0.39, 0.29) is 11.3 Å². The van der Waals surface area contributed by atoms with Gasteiger partial charge in [0, 0.05) is 22.7 Å². The molecule has 170 valence electrons. The number of nitrogens with zero attached hydrogens (tertiary/aromatic N) is 2. The molecule has 0 bridgehead atoms. The molecule has 0 aliphatic heterocycles. The van der Waals surface area contributed by atoms with Gasteiger partial charge in [-0.25, -0.2) is 5.43 Å². The summed E-state index contributed by atoms with van der Waals surface area (Å²) in [4.78, 5) is 22.5. The van der Waals surface area contributed by atoms with Gasteiger partial charge in [-0.2, -0.15) is 5.10 Å². The third-order valence-corrected chi connectivity index (χ3v) is 5.17. The van der Waals surface area contributed by atoms with Crippen molar-refractivity contribution < 1.29 is 19.2 Å². The summed E-state index contributed by atoms with van der Waals surface area (Å²) in [5.41, 5.74) is 3.90. The number of rotatable bonds is 9. The van der Waals surface area contributed by atoms with Crippen molar-refractivity contribution in [2.45, 2.75) is 13.5 Å². The van der Waals surface area contributed by atoms with Crippen molar-refractivity contribution in [2.75, 3.05) is 6.61 Å². The van der Waals surface area contributed by atoms with Crippen LogP contribution in [0.3, 0.4) is 0 Å². The maximum absolute atomic E-state index is 12.2. The van der Waals surface area contributed by atoms with Gasteiger partial charge in [-0.3, -0.25) is 14.9 Å². The van der Waals surface area contributed by atoms with Gasteiger partial charge in [-0.15, -0.1) is 0 Å². The average molecular weight is 533 g/mol. The van der Waals surface area contributed by atoms with Gasteiger partial charge in [0.25, 0.3) is 11.6 Å². The topological polar surface area (TPSA) is 103 Å². The highest BCUT2D eigenvalue weighted by atomic mass is 79.9. The number of hydrazone groups is 1. The zero-order valence-corrected chi connectivity index (χ0v) is 19.8. The molecule has 3 aromatic rings. The van der Waals surface area contributed by atoms with E-state index in [2.05, 4.69) is 26.5 Å². The van der Waals surface area contributed by atoms with Gasteiger partial charge in [0.15, 0.2) is 11.5 Å². The minimum absolute atomic E-state index is 0.128. The molecule has 10 heteroatoms. The van der Waals surface area contributed by atoms with Crippen LogP contribution in [0.15, 0.2) is 70.2 Å². The van der Waals surface area contributed by atoms with Crippen molar-refractivity contribution in [3.05, 3.63) is 97.0 Å². The van der Waals surface area contributed by atoms with Crippen molar-refractivity contribution >= 4 is 45.3 Å². The molecular formula is C23H19BrClN3O5. The van der Waals surface area contributed by atoms with Crippen LogP contribution < -0.4 is 14.9 Å². The number of carbonyl (C=O) groups is 1. The first kappa shape index (κ1) is 24.2. The number of ether oxygens (including phenoxy) is 2. The number of carbonyl (C=O) groups excluding carboxylic acids is 1. The maximum atomic E-state index is 12.2. The van der Waals surface area contributed by atoms with Gasteiger partial charge >= 0.3 is 0 Å². The molecule has 0 spiro atoms. The summed E-state index contributed by atoms with van der Waals surface area (Å²) >= 11 is 9.41. The van der Waals surface area contributed by atoms with Crippen LogP contribution in [0.4, 0.5) is 5.69 Å². The highest BCUT2D eigenvalue weighted by molar-refractivity contribution is 9.10. The number of nitro groups is 1. The Morgan fingerprint density at radius 3 is 2.64 bits per heavy atom. The number of non-ortho nitro benzene ring substituents is 1. The SMILES string of the molecule is CCOc1cc(/C=N\NC(=O)c2cccc([N+](=O)[O-])c2)cc(Br)c1OCc1ccc(Cl)cc1. The quantitative estimate of drug-likeness (QED) is 0.215. The van der Waals surface area contributed by atoms with Crippen LogP contribution in [0.5, 0.6) is 11.5 Å². The Kier molecular flexibility index (Phi) is 8.39. The van der Waals surface area contributed by atoms with Crippen LogP contribution in [0, 0.1) is 10.1 Å². The number of hydrogen-bond donors (Lipinski definition) is 1. The molecule has 0 saturated carbocycles. The lowest BCUT2D eigenvalue weighted by Gasteiger charge is -2.14. The number of hydrogen-bond acceptors (Lipinski definition) is 6. The van der Waals surface area contributed by atoms with E-state index in [1.54, 1.807) is 24.3 Å². The first-order chi connectivity index (χ1) is 15.9. The van der Waals surface area contributed by atoms with Crippen LogP contribution in [0.2, 0.25) is 5.02 Å². The van der Waals surface area contributed by atoms with E-state index < -0.39 is 10.8 Å². The predicted molar refractivity (Wildman–Crippen MR) is 129 cm³/mol. The molecule has 3 aromatic carbocycles. The summed E-state index contributed by atoms with van der Waals surface area (Å²) in [6.07, 6.45) is 1.44. The molecular weight excluding hydrogens is 514 g/mol. The Morgan fingerprint density at radius 2 is 1.94 bits per heavy atom. The van der Waals surface area contributed by atoms with E-state index in [0.717, 1.165) is 5.56 Å². The second-order valence-electron chi connectivity index (χ2n) is 6.68. The first-order valence-corrected chi connectivity index (χ1v) is 11.0. The standard InChI is InChI=1S/C23H19BrClN3O5/c1-2-32-21-11-16(10-20(24)22(21)33-14-15-6-8-18(25)9-7-15)13-26-27-23(29)17-4-3-5-19(12-17)28(30)31/h3-13H,2,14H2,1H3,(H,27,29)/b26-13-. The van der Waals surface area contributed by atoms with E-state index in [1.807, 2.05) is 19.1 Å². The average Bonchev–Trinajstić information content (AvgIpc) is 2.80. The van der Waals surface area contributed by atoms with Gasteiger partial charge in [-0.1, -0.05) is 29.8 Å². The van der Waals surface area contributed by atoms with Crippen molar-refractivity contribution in [3.8, 4) is 11.5 Å². The van der Waals surface area contributed by atoms with Gasteiger partial charge in [-0.05, 0) is 64.3 Å². The highest BCUT2D eigenvalue weighted by Gasteiger charge is 2.13. The fourth-order valence-corrected chi connectivity index (χ4v) is 3.49. The second kappa shape index (κ2) is 11.4. The summed E-state index contributed by atoms with van der Waals surface area (Å²) < 4.78 is 12.3. The smallest absolute Gasteiger partial charge is 0.271 e. The van der Waals surface area contributed by atoms with Crippen LogP contribution in [0.1, 0.15) is 28.4 Å². The summed E-state index contributed by atoms with van der Waals surface area (Å²) in [6.45, 7) is 2.60. The van der Waals surface area contributed by atoms with Crippen molar-refractivity contribution in [1.29, 1.82) is 0 Å². The molecule has 0 aromatic heterocycles. The van der Waals surface area contributed by atoms with Crippen molar-refractivity contribution in [1.82, 2.24) is 5.43 Å². The number of nitrogens with one attached hydrogen (secondary N) is 1. The van der Waals surface area contributed by atoms with Crippen molar-refractivity contribution in [2.24, 2.45) is 5.10 Å². The summed E-state index contributed by atoms with van der Waals surface area (Å²) in [6, 6.07) is 16.2. The molecule has 0 aliphatic rings. The summed E-state index contributed by atoms with van der Waals surface area (Å²) in [5.74, 6) is 0.471. The van der Waals surface area contributed by atoms with E-state index in [9.17, 15) is 14.9 Å². The lowest BCUT2D eigenvalue weighted by atomic mass is 10.2. The number of amides is 1. The monoisotopic (exact) mass is 531 g/mol. The second-order valence-corrected chi connectivity index (χ2v) is 7.98. The Balaban J connectivity index is 1.72. The molecule has 3 rings (SSSR count). The molecule has 1 N–H and O–H groups in total. The fourth-order valence-electron chi connectivity index (χ4n) is 2.79. The molecule has 33 heavy (non-hydrogen) atoms. The third kappa shape index (κ3) is 6.77. The van der Waals surface area contributed by atoms with Gasteiger partial charge in [0.1, 0.15) is 6.61 Å². The molecule has 0 aliphatic carbocycles. The van der Waals surface area contributed by atoms with Crippen LogP contribution >= 0.6 is 27.5 Å². The van der Waals surface area contributed by atoms with Crippen LogP contribution in [-0.4, -0.2) is 23.7 Å². The van der Waals surface area contributed by atoms with Gasteiger partial charge in [0.05, 0.1) is 22.2 Å². The Hall–Kier alpha value is -3.43. The lowest BCUT2D eigenvalue weighted by molar-refractivity contribution is -0.384. The minimum atomic E-state index is -0.568. The molecule has 0 radical (unpaired) electrons. The number of benzene rings is 3. The normalized spacial score (nSPS) is 10.8. The predicted octanol–water partition coefficient (Wildman–Crippen LogP) is 5.75. The third-order valence-electron chi connectivity index (χ3n) is 4.33. The van der Waals surface area contributed by atoms with E-state index >= 15 is 0 Å². The van der Waals surface area contributed by atoms with E-state index in [4.69, 9.17) is 21.1 Å². The summed E-state index contributed by atoms with van der Waals surface area (Å²) in [5, 5.41) is 15.5. The molecule has 0 saturated heterocycles. The van der Waals surface area contributed by atoms with Crippen LogP contribution in [0.25, 0.3) is 0 Å². The number of halogens is 2. The highest BCUT2D eigenvalue weighted by Crippen LogP contribution is 2.37. The lowest BCUT2D eigenvalue weighted by Crippen LogP contribution is -2.17. The molecule has 8 nitrogen and oxygen atoms in total. The molecule has 0 unspecified atom stereocenters.